The van der Waals surface area contributed by atoms with E-state index in [4.69, 9.17) is 9.47 Å². The molecule has 3 rings (SSSR count). The molecule has 0 unspecified atom stereocenters. The van der Waals surface area contributed by atoms with Crippen molar-refractivity contribution in [3.63, 3.8) is 0 Å². The van der Waals surface area contributed by atoms with Crippen LogP contribution in [0.15, 0.2) is 40.7 Å². The van der Waals surface area contributed by atoms with Crippen LogP contribution >= 0.6 is 22.7 Å². The lowest BCUT2D eigenvalue weighted by atomic mass is 10.1. The van der Waals surface area contributed by atoms with Gasteiger partial charge < -0.3 is 20.1 Å². The van der Waals surface area contributed by atoms with Crippen molar-refractivity contribution in [2.45, 2.75) is 19.8 Å². The van der Waals surface area contributed by atoms with E-state index in [9.17, 15) is 0 Å². The minimum Gasteiger partial charge on any atom is -0.493 e. The van der Waals surface area contributed by atoms with Crippen LogP contribution in [0.5, 0.6) is 11.5 Å². The van der Waals surface area contributed by atoms with Crippen molar-refractivity contribution in [3.8, 4) is 22.1 Å². The Balaban J connectivity index is 1.42. The molecule has 2 aromatic heterocycles. The molecule has 0 aliphatic carbocycles. The molecular formula is C22H28N4O2S2. The van der Waals surface area contributed by atoms with Gasteiger partial charge in [-0.25, -0.2) is 4.98 Å². The molecule has 8 heteroatoms. The van der Waals surface area contributed by atoms with Gasteiger partial charge >= 0.3 is 0 Å². The zero-order chi connectivity index (χ0) is 21.3. The maximum atomic E-state index is 5.37. The van der Waals surface area contributed by atoms with E-state index >= 15 is 0 Å². The summed E-state index contributed by atoms with van der Waals surface area (Å²) in [6.07, 6.45) is 1.81. The van der Waals surface area contributed by atoms with E-state index in [1.807, 2.05) is 19.1 Å². The van der Waals surface area contributed by atoms with Crippen LogP contribution in [-0.4, -0.2) is 45.3 Å². The highest BCUT2D eigenvalue weighted by atomic mass is 32.1. The molecule has 0 aliphatic rings. The zero-order valence-electron chi connectivity index (χ0n) is 17.8. The summed E-state index contributed by atoms with van der Waals surface area (Å²) in [5, 5.41) is 9.97. The molecule has 0 saturated heterocycles. The fourth-order valence-corrected chi connectivity index (χ4v) is 4.67. The minimum atomic E-state index is 0.744. The highest BCUT2D eigenvalue weighted by Gasteiger charge is 2.07. The molecule has 3 aromatic rings. The molecule has 0 saturated carbocycles. The van der Waals surface area contributed by atoms with Crippen molar-refractivity contribution < 1.29 is 9.47 Å². The number of methoxy groups -OCH3 is 2. The lowest BCUT2D eigenvalue weighted by Gasteiger charge is -2.13. The summed E-state index contributed by atoms with van der Waals surface area (Å²) in [7, 11) is 5.09. The minimum absolute atomic E-state index is 0.744. The molecule has 0 radical (unpaired) electrons. The van der Waals surface area contributed by atoms with Gasteiger partial charge in [0.15, 0.2) is 17.5 Å². The van der Waals surface area contributed by atoms with Gasteiger partial charge in [0.05, 0.1) is 29.8 Å². The van der Waals surface area contributed by atoms with Crippen LogP contribution in [0.2, 0.25) is 0 Å². The van der Waals surface area contributed by atoms with E-state index in [1.165, 1.54) is 15.3 Å². The number of aryl methyl sites for hydroxylation is 1. The van der Waals surface area contributed by atoms with Crippen molar-refractivity contribution >= 4 is 28.6 Å². The SMILES string of the molecule is CN=C(NCCc1ccc(OC)c(OC)c1)NCCc1ccc(-c2csc(C)n2)s1. The Morgan fingerprint density at radius 2 is 1.80 bits per heavy atom. The molecule has 2 N–H and O–H groups in total. The molecule has 30 heavy (non-hydrogen) atoms. The van der Waals surface area contributed by atoms with Gasteiger partial charge in [-0.1, -0.05) is 6.07 Å². The second kappa shape index (κ2) is 11.0. The third-order valence-corrected chi connectivity index (χ3v) is 6.52. The molecule has 0 fully saturated rings. The molecule has 0 bridgehead atoms. The summed E-state index contributed by atoms with van der Waals surface area (Å²) in [5.74, 6) is 2.30. The van der Waals surface area contributed by atoms with Gasteiger partial charge in [0.2, 0.25) is 0 Å². The number of aromatic nitrogens is 1. The van der Waals surface area contributed by atoms with Crippen molar-refractivity contribution in [3.05, 3.63) is 51.2 Å². The summed E-state index contributed by atoms with van der Waals surface area (Å²) in [6.45, 7) is 3.64. The van der Waals surface area contributed by atoms with Gasteiger partial charge in [0.25, 0.3) is 0 Å². The lowest BCUT2D eigenvalue weighted by Crippen LogP contribution is -2.39. The molecule has 6 nitrogen and oxygen atoms in total. The van der Waals surface area contributed by atoms with Crippen LogP contribution in [0, 0.1) is 6.92 Å². The van der Waals surface area contributed by atoms with Crippen LogP contribution < -0.4 is 20.1 Å². The highest BCUT2D eigenvalue weighted by Crippen LogP contribution is 2.29. The van der Waals surface area contributed by atoms with Gasteiger partial charge in [-0.3, -0.25) is 4.99 Å². The van der Waals surface area contributed by atoms with E-state index < -0.39 is 0 Å². The molecule has 0 amide bonds. The first-order valence-corrected chi connectivity index (χ1v) is 11.5. The summed E-state index contributed by atoms with van der Waals surface area (Å²) in [4.78, 5) is 11.4. The number of hydrogen-bond acceptors (Lipinski definition) is 6. The normalized spacial score (nSPS) is 11.4. The number of hydrogen-bond donors (Lipinski definition) is 2. The summed E-state index contributed by atoms with van der Waals surface area (Å²) < 4.78 is 10.7. The average Bonchev–Trinajstić information content (AvgIpc) is 3.41. The van der Waals surface area contributed by atoms with Crippen molar-refractivity contribution in [1.29, 1.82) is 0 Å². The highest BCUT2D eigenvalue weighted by molar-refractivity contribution is 7.16. The number of nitrogens with one attached hydrogen (secondary N) is 2. The number of thiazole rings is 1. The number of thiophene rings is 1. The molecule has 1 aromatic carbocycles. The number of guanidine groups is 1. The van der Waals surface area contributed by atoms with Crippen LogP contribution in [0.25, 0.3) is 10.6 Å². The summed E-state index contributed by atoms with van der Waals surface area (Å²) in [5.41, 5.74) is 2.26. The lowest BCUT2D eigenvalue weighted by molar-refractivity contribution is 0.354. The smallest absolute Gasteiger partial charge is 0.190 e. The van der Waals surface area contributed by atoms with Crippen molar-refractivity contribution in [2.24, 2.45) is 4.99 Å². The van der Waals surface area contributed by atoms with Crippen molar-refractivity contribution in [2.75, 3.05) is 34.4 Å². The second-order valence-corrected chi connectivity index (χ2v) is 8.86. The number of nitrogens with zero attached hydrogens (tertiary/aromatic N) is 2. The molecular weight excluding hydrogens is 416 g/mol. The monoisotopic (exact) mass is 444 g/mol. The third kappa shape index (κ3) is 5.96. The third-order valence-electron chi connectivity index (χ3n) is 4.57. The van der Waals surface area contributed by atoms with E-state index in [2.05, 4.69) is 44.2 Å². The maximum absolute atomic E-state index is 5.37. The second-order valence-electron chi connectivity index (χ2n) is 6.63. The first-order valence-electron chi connectivity index (χ1n) is 9.79. The Labute approximate surface area is 186 Å². The average molecular weight is 445 g/mol. The van der Waals surface area contributed by atoms with Crippen LogP contribution in [0.4, 0.5) is 0 Å². The number of rotatable bonds is 9. The first kappa shape index (κ1) is 22.1. The zero-order valence-corrected chi connectivity index (χ0v) is 19.5. The van der Waals surface area contributed by atoms with Crippen molar-refractivity contribution in [1.82, 2.24) is 15.6 Å². The largest absolute Gasteiger partial charge is 0.493 e. The Kier molecular flexibility index (Phi) is 8.10. The number of ether oxygens (including phenoxy) is 2. The van der Waals surface area contributed by atoms with Crippen LogP contribution in [-0.2, 0) is 12.8 Å². The van der Waals surface area contributed by atoms with Gasteiger partial charge in [-0.05, 0) is 49.6 Å². The fourth-order valence-electron chi connectivity index (χ4n) is 3.01. The molecule has 0 atom stereocenters. The Morgan fingerprint density at radius 3 is 2.47 bits per heavy atom. The Hall–Kier alpha value is -2.58. The quantitative estimate of drug-likeness (QED) is 0.383. The number of benzene rings is 1. The van der Waals surface area contributed by atoms with Gasteiger partial charge in [0, 0.05) is 30.4 Å². The fraction of sp³-hybridized carbons (Fsp3) is 0.364. The Bertz CT molecular complexity index is 981. The van der Waals surface area contributed by atoms with E-state index in [0.29, 0.717) is 0 Å². The van der Waals surface area contributed by atoms with Gasteiger partial charge in [-0.2, -0.15) is 0 Å². The van der Waals surface area contributed by atoms with E-state index in [-0.39, 0.29) is 0 Å². The van der Waals surface area contributed by atoms with Crippen LogP contribution in [0.3, 0.4) is 0 Å². The standard InChI is InChI=1S/C22H28N4O2S2/c1-15-26-18(14-29-15)21-8-6-17(30-21)10-12-25-22(23-2)24-11-9-16-5-7-19(27-3)20(13-16)28-4/h5-8,13-14H,9-12H2,1-4H3,(H2,23,24,25). The van der Waals surface area contributed by atoms with E-state index in [1.54, 1.807) is 43.9 Å². The molecule has 0 spiro atoms. The Morgan fingerprint density at radius 1 is 1.03 bits per heavy atom. The number of aliphatic imine (C=N–C) groups is 1. The predicted octanol–water partition coefficient (Wildman–Crippen LogP) is 4.15. The maximum Gasteiger partial charge on any atom is 0.190 e. The van der Waals surface area contributed by atoms with Crippen LogP contribution in [0.1, 0.15) is 15.4 Å². The predicted molar refractivity (Wildman–Crippen MR) is 126 cm³/mol. The van der Waals surface area contributed by atoms with Gasteiger partial charge in [-0.15, -0.1) is 22.7 Å². The molecule has 2 heterocycles. The molecule has 0 aliphatic heterocycles. The summed E-state index contributed by atoms with van der Waals surface area (Å²) in [6, 6.07) is 10.3. The summed E-state index contributed by atoms with van der Waals surface area (Å²) >= 11 is 3.49. The van der Waals surface area contributed by atoms with E-state index in [0.717, 1.165) is 54.1 Å². The van der Waals surface area contributed by atoms with Gasteiger partial charge in [0.1, 0.15) is 0 Å². The molecule has 160 valence electrons. The topological polar surface area (TPSA) is 67.8 Å². The first-order chi connectivity index (χ1) is 14.6.